The molecule has 2 heterocycles. The smallest absolute Gasteiger partial charge is 0.322 e. The lowest BCUT2D eigenvalue weighted by Crippen LogP contribution is -2.34. The van der Waals surface area contributed by atoms with Crippen LogP contribution < -0.4 is 10.6 Å². The molecule has 0 spiro atoms. The van der Waals surface area contributed by atoms with E-state index in [0.29, 0.717) is 6.54 Å². The molecule has 2 saturated heterocycles. The zero-order valence-electron chi connectivity index (χ0n) is 14.7. The zero-order chi connectivity index (χ0) is 19.6. The molecule has 0 aromatic heterocycles. The third-order valence-electron chi connectivity index (χ3n) is 4.98. The number of imide groups is 1. The van der Waals surface area contributed by atoms with Gasteiger partial charge in [0.05, 0.1) is 13.0 Å². The SMILES string of the molecule is COC(=O)[C@H]1CN(C(=O)CC[C@@H]2NC(=O)NC2=O)C[C@@H]1c1ccc(F)cc1. The Morgan fingerprint density at radius 1 is 1.22 bits per heavy atom. The number of methoxy groups -OCH3 is 1. The van der Waals surface area contributed by atoms with E-state index in [1.54, 1.807) is 17.0 Å². The van der Waals surface area contributed by atoms with Crippen LogP contribution in [0.4, 0.5) is 9.18 Å². The normalized spacial score (nSPS) is 24.5. The molecule has 9 heteroatoms. The number of hydrogen-bond acceptors (Lipinski definition) is 5. The Morgan fingerprint density at radius 2 is 1.93 bits per heavy atom. The van der Waals surface area contributed by atoms with Gasteiger partial charge in [-0.25, -0.2) is 9.18 Å². The lowest BCUT2D eigenvalue weighted by atomic mass is 9.89. The largest absolute Gasteiger partial charge is 0.469 e. The number of nitrogens with one attached hydrogen (secondary N) is 2. The van der Waals surface area contributed by atoms with E-state index < -0.39 is 29.9 Å². The Labute approximate surface area is 155 Å². The molecule has 2 aliphatic rings. The summed E-state index contributed by atoms with van der Waals surface area (Å²) in [7, 11) is 1.29. The van der Waals surface area contributed by atoms with Crippen LogP contribution in [0.2, 0.25) is 0 Å². The minimum atomic E-state index is -0.728. The summed E-state index contributed by atoms with van der Waals surface area (Å²) >= 11 is 0. The van der Waals surface area contributed by atoms with Gasteiger partial charge in [-0.1, -0.05) is 12.1 Å². The van der Waals surface area contributed by atoms with Gasteiger partial charge in [0.2, 0.25) is 5.91 Å². The molecule has 4 amide bonds. The fourth-order valence-electron chi connectivity index (χ4n) is 3.53. The fraction of sp³-hybridized carbons (Fsp3) is 0.444. The number of halogens is 1. The molecule has 0 unspecified atom stereocenters. The summed E-state index contributed by atoms with van der Waals surface area (Å²) in [5, 5.41) is 4.56. The van der Waals surface area contributed by atoms with Crippen LogP contribution in [0.15, 0.2) is 24.3 Å². The van der Waals surface area contributed by atoms with Crippen molar-refractivity contribution in [2.45, 2.75) is 24.8 Å². The van der Waals surface area contributed by atoms with Crippen molar-refractivity contribution in [3.8, 4) is 0 Å². The Kier molecular flexibility index (Phi) is 5.38. The Balaban J connectivity index is 1.66. The van der Waals surface area contributed by atoms with Crippen molar-refractivity contribution in [3.05, 3.63) is 35.6 Å². The van der Waals surface area contributed by atoms with E-state index in [0.717, 1.165) is 5.56 Å². The predicted molar refractivity (Wildman–Crippen MR) is 90.9 cm³/mol. The monoisotopic (exact) mass is 377 g/mol. The van der Waals surface area contributed by atoms with Crippen molar-refractivity contribution in [1.29, 1.82) is 0 Å². The van der Waals surface area contributed by atoms with E-state index in [2.05, 4.69) is 10.6 Å². The minimum absolute atomic E-state index is 0.0579. The second-order valence-electron chi connectivity index (χ2n) is 6.64. The van der Waals surface area contributed by atoms with Crippen LogP contribution in [0, 0.1) is 11.7 Å². The highest BCUT2D eigenvalue weighted by molar-refractivity contribution is 6.04. The van der Waals surface area contributed by atoms with Crippen LogP contribution in [0.25, 0.3) is 0 Å². The molecular weight excluding hydrogens is 357 g/mol. The average Bonchev–Trinajstić information content (AvgIpc) is 3.23. The number of hydrogen-bond donors (Lipinski definition) is 2. The summed E-state index contributed by atoms with van der Waals surface area (Å²) in [6.45, 7) is 0.490. The number of esters is 1. The number of nitrogens with zero attached hydrogens (tertiary/aromatic N) is 1. The van der Waals surface area contributed by atoms with E-state index in [1.165, 1.54) is 19.2 Å². The highest BCUT2D eigenvalue weighted by atomic mass is 19.1. The second-order valence-corrected chi connectivity index (χ2v) is 6.64. The van der Waals surface area contributed by atoms with E-state index in [1.807, 2.05) is 0 Å². The highest BCUT2D eigenvalue weighted by Gasteiger charge is 2.41. The third-order valence-corrected chi connectivity index (χ3v) is 4.98. The van der Waals surface area contributed by atoms with Crippen LogP contribution in [0.5, 0.6) is 0 Å². The van der Waals surface area contributed by atoms with Gasteiger partial charge in [-0.3, -0.25) is 19.7 Å². The molecule has 0 radical (unpaired) electrons. The van der Waals surface area contributed by atoms with E-state index in [9.17, 15) is 23.6 Å². The first-order chi connectivity index (χ1) is 12.9. The van der Waals surface area contributed by atoms with Crippen molar-refractivity contribution in [2.75, 3.05) is 20.2 Å². The minimum Gasteiger partial charge on any atom is -0.469 e. The molecule has 27 heavy (non-hydrogen) atoms. The molecule has 2 N–H and O–H groups in total. The zero-order valence-corrected chi connectivity index (χ0v) is 14.7. The topological polar surface area (TPSA) is 105 Å². The van der Waals surface area contributed by atoms with Crippen LogP contribution >= 0.6 is 0 Å². The highest BCUT2D eigenvalue weighted by Crippen LogP contribution is 2.34. The lowest BCUT2D eigenvalue weighted by molar-refractivity contribution is -0.145. The standard InChI is InChI=1S/C18H20FN3O5/c1-27-17(25)13-9-22(8-12(13)10-2-4-11(19)5-3-10)15(23)7-6-14-16(24)21-18(26)20-14/h2-5,12-14H,6-9H2,1H3,(H2,20,21,24,26)/t12-,13+,14+/m1/s1. The first-order valence-electron chi connectivity index (χ1n) is 8.61. The molecule has 1 aromatic rings. The quantitative estimate of drug-likeness (QED) is 0.575. The van der Waals surface area contributed by atoms with Crippen molar-refractivity contribution >= 4 is 23.8 Å². The van der Waals surface area contributed by atoms with Crippen LogP contribution in [-0.2, 0) is 19.1 Å². The van der Waals surface area contributed by atoms with Crippen molar-refractivity contribution in [1.82, 2.24) is 15.5 Å². The number of urea groups is 1. The first-order valence-corrected chi connectivity index (χ1v) is 8.61. The number of likely N-dealkylation sites (tertiary alicyclic amines) is 1. The summed E-state index contributed by atoms with van der Waals surface area (Å²) in [5.74, 6) is -2.32. The maximum absolute atomic E-state index is 13.2. The molecule has 3 atom stereocenters. The average molecular weight is 377 g/mol. The molecule has 1 aromatic carbocycles. The number of ether oxygens (including phenoxy) is 1. The molecule has 144 valence electrons. The Hall–Kier alpha value is -2.97. The predicted octanol–water partition coefficient (Wildman–Crippen LogP) is 0.529. The molecule has 0 aliphatic carbocycles. The number of benzene rings is 1. The van der Waals surface area contributed by atoms with Gasteiger partial charge >= 0.3 is 12.0 Å². The molecule has 8 nitrogen and oxygen atoms in total. The molecule has 3 rings (SSSR count). The number of carbonyl (C=O) groups is 4. The van der Waals surface area contributed by atoms with Gasteiger partial charge < -0.3 is 15.0 Å². The van der Waals surface area contributed by atoms with Crippen molar-refractivity contribution < 1.29 is 28.3 Å². The third kappa shape index (κ3) is 4.07. The first kappa shape index (κ1) is 18.8. The molecule has 2 aliphatic heterocycles. The van der Waals surface area contributed by atoms with E-state index in [4.69, 9.17) is 4.74 Å². The fourth-order valence-corrected chi connectivity index (χ4v) is 3.53. The molecule has 2 fully saturated rings. The van der Waals surface area contributed by atoms with E-state index in [-0.39, 0.29) is 37.0 Å². The number of carbonyl (C=O) groups excluding carboxylic acids is 4. The summed E-state index contributed by atoms with van der Waals surface area (Å²) in [6, 6.07) is 4.53. The summed E-state index contributed by atoms with van der Waals surface area (Å²) in [4.78, 5) is 48.9. The summed E-state index contributed by atoms with van der Waals surface area (Å²) in [5.41, 5.74) is 0.754. The lowest BCUT2D eigenvalue weighted by Gasteiger charge is -2.17. The van der Waals surface area contributed by atoms with Gasteiger partial charge in [-0.2, -0.15) is 0 Å². The maximum atomic E-state index is 13.2. The summed E-state index contributed by atoms with van der Waals surface area (Å²) < 4.78 is 18.0. The van der Waals surface area contributed by atoms with Crippen LogP contribution in [0.3, 0.4) is 0 Å². The van der Waals surface area contributed by atoms with Gasteiger partial charge in [0, 0.05) is 25.4 Å². The number of amides is 4. The Bertz CT molecular complexity index is 767. The van der Waals surface area contributed by atoms with Gasteiger partial charge in [0.1, 0.15) is 11.9 Å². The van der Waals surface area contributed by atoms with Crippen LogP contribution in [-0.4, -0.2) is 55.0 Å². The Morgan fingerprint density at radius 3 is 2.52 bits per heavy atom. The molecular formula is C18H20FN3O5. The molecule has 0 saturated carbocycles. The van der Waals surface area contributed by atoms with Gasteiger partial charge in [0.15, 0.2) is 0 Å². The van der Waals surface area contributed by atoms with Crippen molar-refractivity contribution in [3.63, 3.8) is 0 Å². The maximum Gasteiger partial charge on any atom is 0.322 e. The van der Waals surface area contributed by atoms with Gasteiger partial charge in [-0.15, -0.1) is 0 Å². The second kappa shape index (κ2) is 7.73. The number of rotatable bonds is 5. The van der Waals surface area contributed by atoms with Crippen LogP contribution in [0.1, 0.15) is 24.3 Å². The van der Waals surface area contributed by atoms with Gasteiger partial charge in [0.25, 0.3) is 5.91 Å². The van der Waals surface area contributed by atoms with E-state index >= 15 is 0 Å². The summed E-state index contributed by atoms with van der Waals surface area (Å²) in [6.07, 6.45) is 0.236. The van der Waals surface area contributed by atoms with Crippen molar-refractivity contribution in [2.24, 2.45) is 5.92 Å². The van der Waals surface area contributed by atoms with Gasteiger partial charge in [-0.05, 0) is 24.1 Å². The molecule has 0 bridgehead atoms.